The fourth-order valence-electron chi connectivity index (χ4n) is 3.42. The minimum atomic E-state index is -0.248. The third-order valence-corrected chi connectivity index (χ3v) is 4.74. The van der Waals surface area contributed by atoms with Crippen molar-refractivity contribution in [2.75, 3.05) is 32.8 Å². The van der Waals surface area contributed by atoms with Gasteiger partial charge in [-0.3, -0.25) is 4.79 Å². The van der Waals surface area contributed by atoms with E-state index in [0.29, 0.717) is 12.5 Å². The van der Waals surface area contributed by atoms with E-state index in [1.807, 2.05) is 9.80 Å². The maximum atomic E-state index is 12.4. The first-order chi connectivity index (χ1) is 9.66. The van der Waals surface area contributed by atoms with Crippen LogP contribution in [0.5, 0.6) is 0 Å². The van der Waals surface area contributed by atoms with Crippen molar-refractivity contribution in [1.82, 2.24) is 15.1 Å². The number of hydrogen-bond acceptors (Lipinski definition) is 3. The topological polar surface area (TPSA) is 61.9 Å². The number of amides is 3. The van der Waals surface area contributed by atoms with E-state index in [1.54, 1.807) is 0 Å². The Labute approximate surface area is 119 Å². The smallest absolute Gasteiger partial charge is 0.317 e. The summed E-state index contributed by atoms with van der Waals surface area (Å²) in [6.07, 6.45) is 2.48. The molecule has 0 aromatic carbocycles. The fraction of sp³-hybridized carbons (Fsp3) is 0.857. The highest BCUT2D eigenvalue weighted by Gasteiger charge is 2.37. The largest absolute Gasteiger partial charge is 0.368 e. The van der Waals surface area contributed by atoms with Crippen LogP contribution in [0.3, 0.4) is 0 Å². The van der Waals surface area contributed by atoms with E-state index in [4.69, 9.17) is 4.74 Å². The SMILES string of the molecule is C[C@@H]1CCO[C@@H]1C(=O)N1CCC(N2CCNC2=O)CC1. The molecule has 2 atom stereocenters. The van der Waals surface area contributed by atoms with E-state index >= 15 is 0 Å². The summed E-state index contributed by atoms with van der Waals surface area (Å²) < 4.78 is 5.56. The Kier molecular flexibility index (Phi) is 3.83. The van der Waals surface area contributed by atoms with Crippen molar-refractivity contribution in [3.05, 3.63) is 0 Å². The van der Waals surface area contributed by atoms with Crippen molar-refractivity contribution in [1.29, 1.82) is 0 Å². The normalized spacial score (nSPS) is 31.8. The minimum Gasteiger partial charge on any atom is -0.368 e. The molecular formula is C14H23N3O3. The van der Waals surface area contributed by atoms with Crippen LogP contribution in [0.2, 0.25) is 0 Å². The Bertz CT molecular complexity index is 393. The van der Waals surface area contributed by atoms with Crippen LogP contribution in [0.25, 0.3) is 0 Å². The Morgan fingerprint density at radius 3 is 2.55 bits per heavy atom. The van der Waals surface area contributed by atoms with Gasteiger partial charge in [0.2, 0.25) is 0 Å². The first kappa shape index (κ1) is 13.7. The van der Waals surface area contributed by atoms with Crippen molar-refractivity contribution in [2.24, 2.45) is 5.92 Å². The van der Waals surface area contributed by atoms with Crippen molar-refractivity contribution < 1.29 is 14.3 Å². The molecule has 0 aliphatic carbocycles. The maximum absolute atomic E-state index is 12.4. The van der Waals surface area contributed by atoms with E-state index < -0.39 is 0 Å². The lowest BCUT2D eigenvalue weighted by Crippen LogP contribution is -2.50. The van der Waals surface area contributed by atoms with Gasteiger partial charge in [0.1, 0.15) is 6.10 Å². The van der Waals surface area contributed by atoms with Gasteiger partial charge in [0.05, 0.1) is 0 Å². The van der Waals surface area contributed by atoms with Crippen molar-refractivity contribution >= 4 is 11.9 Å². The zero-order chi connectivity index (χ0) is 14.1. The molecule has 3 heterocycles. The summed E-state index contributed by atoms with van der Waals surface area (Å²) in [5.41, 5.74) is 0. The van der Waals surface area contributed by atoms with Crippen molar-refractivity contribution in [3.8, 4) is 0 Å². The summed E-state index contributed by atoms with van der Waals surface area (Å²) in [5.74, 6) is 0.462. The van der Waals surface area contributed by atoms with Gasteiger partial charge in [0, 0.05) is 38.8 Å². The lowest BCUT2D eigenvalue weighted by molar-refractivity contribution is -0.143. The van der Waals surface area contributed by atoms with Gasteiger partial charge >= 0.3 is 6.03 Å². The van der Waals surface area contributed by atoms with Crippen molar-refractivity contribution in [3.63, 3.8) is 0 Å². The third-order valence-electron chi connectivity index (χ3n) is 4.74. The van der Waals surface area contributed by atoms with Gasteiger partial charge in [0.15, 0.2) is 0 Å². The van der Waals surface area contributed by atoms with Crippen LogP contribution in [0.4, 0.5) is 4.79 Å². The van der Waals surface area contributed by atoms with Crippen LogP contribution >= 0.6 is 0 Å². The number of urea groups is 1. The third kappa shape index (κ3) is 2.49. The van der Waals surface area contributed by atoms with E-state index in [2.05, 4.69) is 12.2 Å². The fourth-order valence-corrected chi connectivity index (χ4v) is 3.42. The Morgan fingerprint density at radius 2 is 2.00 bits per heavy atom. The lowest BCUT2D eigenvalue weighted by Gasteiger charge is -2.37. The molecule has 3 aliphatic rings. The molecule has 3 fully saturated rings. The second-order valence-electron chi connectivity index (χ2n) is 6.04. The van der Waals surface area contributed by atoms with Crippen LogP contribution in [-0.2, 0) is 9.53 Å². The number of nitrogens with zero attached hydrogens (tertiary/aromatic N) is 2. The molecule has 112 valence electrons. The molecule has 0 aromatic rings. The number of ether oxygens (including phenoxy) is 1. The average molecular weight is 281 g/mol. The molecule has 0 unspecified atom stereocenters. The molecule has 0 radical (unpaired) electrons. The van der Waals surface area contributed by atoms with Gasteiger partial charge in [0.25, 0.3) is 5.91 Å². The van der Waals surface area contributed by atoms with Crippen LogP contribution in [0.15, 0.2) is 0 Å². The second-order valence-corrected chi connectivity index (χ2v) is 6.04. The summed E-state index contributed by atoms with van der Waals surface area (Å²) in [6.45, 7) is 5.78. The summed E-state index contributed by atoms with van der Waals surface area (Å²) in [6, 6.07) is 0.325. The predicted octanol–water partition coefficient (Wildman–Crippen LogP) is 0.428. The second kappa shape index (κ2) is 5.60. The number of likely N-dealkylation sites (tertiary alicyclic amines) is 1. The zero-order valence-electron chi connectivity index (χ0n) is 12.0. The molecule has 20 heavy (non-hydrogen) atoms. The van der Waals surface area contributed by atoms with E-state index in [1.165, 1.54) is 0 Å². The van der Waals surface area contributed by atoms with Gasteiger partial charge < -0.3 is 19.9 Å². The number of rotatable bonds is 2. The minimum absolute atomic E-state index is 0.0440. The molecule has 3 aliphatic heterocycles. The summed E-state index contributed by atoms with van der Waals surface area (Å²) in [5, 5.41) is 2.84. The van der Waals surface area contributed by atoms with Gasteiger partial charge in [-0.1, -0.05) is 6.92 Å². The molecule has 3 rings (SSSR count). The molecule has 1 N–H and O–H groups in total. The van der Waals surface area contributed by atoms with E-state index in [9.17, 15) is 9.59 Å². The Hall–Kier alpha value is -1.30. The highest BCUT2D eigenvalue weighted by atomic mass is 16.5. The van der Waals surface area contributed by atoms with E-state index in [0.717, 1.165) is 45.4 Å². The molecule has 6 nitrogen and oxygen atoms in total. The molecule has 0 saturated carbocycles. The number of carbonyl (C=O) groups excluding carboxylic acids is 2. The first-order valence-electron chi connectivity index (χ1n) is 7.61. The van der Waals surface area contributed by atoms with Gasteiger partial charge in [-0.15, -0.1) is 0 Å². The molecular weight excluding hydrogens is 258 g/mol. The molecule has 3 amide bonds. The molecule has 0 spiro atoms. The van der Waals surface area contributed by atoms with Gasteiger partial charge in [-0.2, -0.15) is 0 Å². The maximum Gasteiger partial charge on any atom is 0.317 e. The predicted molar refractivity (Wildman–Crippen MR) is 73.2 cm³/mol. The summed E-state index contributed by atoms with van der Waals surface area (Å²) in [7, 11) is 0. The monoisotopic (exact) mass is 281 g/mol. The highest BCUT2D eigenvalue weighted by molar-refractivity contribution is 5.81. The van der Waals surface area contributed by atoms with Gasteiger partial charge in [-0.25, -0.2) is 4.79 Å². The van der Waals surface area contributed by atoms with Gasteiger partial charge in [-0.05, 0) is 25.2 Å². The van der Waals surface area contributed by atoms with Crippen LogP contribution in [0, 0.1) is 5.92 Å². The Balaban J connectivity index is 1.53. The lowest BCUT2D eigenvalue weighted by atomic mass is 9.99. The summed E-state index contributed by atoms with van der Waals surface area (Å²) in [4.78, 5) is 27.9. The quantitative estimate of drug-likeness (QED) is 0.798. The number of piperidine rings is 1. The van der Waals surface area contributed by atoms with Crippen LogP contribution in [-0.4, -0.2) is 66.7 Å². The highest BCUT2D eigenvalue weighted by Crippen LogP contribution is 2.25. The summed E-state index contributed by atoms with van der Waals surface area (Å²) >= 11 is 0. The molecule has 6 heteroatoms. The zero-order valence-corrected chi connectivity index (χ0v) is 12.0. The molecule has 0 bridgehead atoms. The Morgan fingerprint density at radius 1 is 1.25 bits per heavy atom. The van der Waals surface area contributed by atoms with Crippen LogP contribution < -0.4 is 5.32 Å². The number of hydrogen-bond donors (Lipinski definition) is 1. The van der Waals surface area contributed by atoms with Crippen LogP contribution in [0.1, 0.15) is 26.2 Å². The first-order valence-corrected chi connectivity index (χ1v) is 7.61. The molecule has 3 saturated heterocycles. The van der Waals surface area contributed by atoms with E-state index in [-0.39, 0.29) is 24.1 Å². The standard InChI is InChI=1S/C14H23N3O3/c1-10-4-9-20-12(10)13(18)16-6-2-11(3-7-16)17-8-5-15-14(17)19/h10-12H,2-9H2,1H3,(H,15,19)/t10-,12+/m1/s1. The molecule has 0 aromatic heterocycles. The average Bonchev–Trinajstić information content (AvgIpc) is 3.07. The van der Waals surface area contributed by atoms with Crippen molar-refractivity contribution in [2.45, 2.75) is 38.3 Å². The number of carbonyl (C=O) groups is 2. The number of nitrogens with one attached hydrogen (secondary N) is 1.